The summed E-state index contributed by atoms with van der Waals surface area (Å²) in [6.45, 7) is 9.63. The van der Waals surface area contributed by atoms with E-state index in [-0.39, 0.29) is 0 Å². The van der Waals surface area contributed by atoms with Crippen LogP contribution < -0.4 is 15.0 Å². The fourth-order valence-electron chi connectivity index (χ4n) is 4.00. The Morgan fingerprint density at radius 2 is 1.85 bits per heavy atom. The zero-order valence-corrected chi connectivity index (χ0v) is 19.5. The van der Waals surface area contributed by atoms with Gasteiger partial charge < -0.3 is 24.4 Å². The second-order valence-electron chi connectivity index (χ2n) is 7.81. The molecule has 3 aromatic rings. The van der Waals surface area contributed by atoms with Gasteiger partial charge >= 0.3 is 5.97 Å². The third-order valence-electron chi connectivity index (χ3n) is 5.73. The molecule has 0 aliphatic carbocycles. The Balaban J connectivity index is 1.87. The van der Waals surface area contributed by atoms with Crippen molar-refractivity contribution in [2.24, 2.45) is 0 Å². The van der Waals surface area contributed by atoms with Crippen molar-refractivity contribution >= 4 is 33.9 Å². The van der Waals surface area contributed by atoms with E-state index >= 15 is 0 Å². The van der Waals surface area contributed by atoms with Crippen molar-refractivity contribution in [3.8, 4) is 5.75 Å². The Kier molecular flexibility index (Phi) is 7.29. The lowest BCUT2D eigenvalue weighted by atomic mass is 10.1. The summed E-state index contributed by atoms with van der Waals surface area (Å²) < 4.78 is 16.8. The van der Waals surface area contributed by atoms with Crippen LogP contribution >= 0.6 is 0 Å². The number of morpholine rings is 1. The number of fused-ring (bicyclic) bond motifs is 1. The molecule has 4 rings (SSSR count). The van der Waals surface area contributed by atoms with Crippen LogP contribution in [-0.2, 0) is 15.9 Å². The first-order valence-corrected chi connectivity index (χ1v) is 11.6. The number of aromatic nitrogens is 1. The maximum Gasteiger partial charge on any atom is 0.341 e. The fourth-order valence-corrected chi connectivity index (χ4v) is 4.00. The number of carbonyl (C=O) groups is 1. The van der Waals surface area contributed by atoms with Gasteiger partial charge in [-0.3, -0.25) is 4.98 Å². The number of benzene rings is 2. The molecular weight excluding hydrogens is 418 g/mol. The highest BCUT2D eigenvalue weighted by Crippen LogP contribution is 2.38. The van der Waals surface area contributed by atoms with Gasteiger partial charge in [0.25, 0.3) is 0 Å². The Labute approximate surface area is 194 Å². The average Bonchev–Trinajstić information content (AvgIpc) is 2.85. The van der Waals surface area contributed by atoms with E-state index in [2.05, 4.69) is 40.3 Å². The van der Waals surface area contributed by atoms with Gasteiger partial charge in [-0.05, 0) is 44.0 Å². The molecule has 1 fully saturated rings. The molecule has 1 aliphatic rings. The largest absolute Gasteiger partial charge is 0.492 e. The Morgan fingerprint density at radius 1 is 1.09 bits per heavy atom. The summed E-state index contributed by atoms with van der Waals surface area (Å²) in [5.41, 5.74) is 4.95. The monoisotopic (exact) mass is 449 g/mol. The van der Waals surface area contributed by atoms with E-state index in [0.717, 1.165) is 47.5 Å². The molecule has 0 atom stereocenters. The molecule has 174 valence electrons. The number of rotatable bonds is 8. The molecule has 0 bridgehead atoms. The lowest BCUT2D eigenvalue weighted by molar-refractivity contribution is 0.0527. The quantitative estimate of drug-likeness (QED) is 0.488. The second-order valence-corrected chi connectivity index (χ2v) is 7.81. The maximum absolute atomic E-state index is 12.8. The average molecular weight is 450 g/mol. The first-order chi connectivity index (χ1) is 16.1. The van der Waals surface area contributed by atoms with Crippen molar-refractivity contribution in [3.05, 3.63) is 53.7 Å². The first-order valence-electron chi connectivity index (χ1n) is 11.6. The summed E-state index contributed by atoms with van der Waals surface area (Å²) in [4.78, 5) is 19.6. The van der Waals surface area contributed by atoms with Crippen LogP contribution in [0.4, 0.5) is 17.1 Å². The minimum absolute atomic E-state index is 0.295. The molecule has 0 saturated carbocycles. The van der Waals surface area contributed by atoms with Crippen LogP contribution in [0.15, 0.2) is 42.6 Å². The van der Waals surface area contributed by atoms with Crippen molar-refractivity contribution in [2.75, 3.05) is 49.7 Å². The fraction of sp³-hybridized carbons (Fsp3) is 0.385. The van der Waals surface area contributed by atoms with E-state index in [1.807, 2.05) is 25.1 Å². The lowest BCUT2D eigenvalue weighted by Crippen LogP contribution is -2.36. The van der Waals surface area contributed by atoms with Crippen molar-refractivity contribution in [1.29, 1.82) is 0 Å². The van der Waals surface area contributed by atoms with E-state index in [9.17, 15) is 4.79 Å². The van der Waals surface area contributed by atoms with Crippen molar-refractivity contribution in [3.63, 3.8) is 0 Å². The predicted molar refractivity (Wildman–Crippen MR) is 131 cm³/mol. The molecule has 7 nitrogen and oxygen atoms in total. The van der Waals surface area contributed by atoms with Crippen molar-refractivity contribution in [1.82, 2.24) is 4.98 Å². The minimum Gasteiger partial charge on any atom is -0.492 e. The van der Waals surface area contributed by atoms with Gasteiger partial charge in [0.05, 0.1) is 43.3 Å². The summed E-state index contributed by atoms with van der Waals surface area (Å²) in [5, 5.41) is 4.30. The van der Waals surface area contributed by atoms with Gasteiger partial charge in [-0.15, -0.1) is 0 Å². The van der Waals surface area contributed by atoms with Crippen molar-refractivity contribution in [2.45, 2.75) is 27.2 Å². The van der Waals surface area contributed by atoms with Crippen LogP contribution in [0, 0.1) is 0 Å². The van der Waals surface area contributed by atoms with E-state index in [1.54, 1.807) is 13.1 Å². The molecular formula is C26H31N3O4. The molecule has 0 amide bonds. The zero-order valence-electron chi connectivity index (χ0n) is 19.5. The summed E-state index contributed by atoms with van der Waals surface area (Å²) in [6, 6.07) is 12.2. The highest BCUT2D eigenvalue weighted by Gasteiger charge is 2.22. The van der Waals surface area contributed by atoms with Gasteiger partial charge in [0.15, 0.2) is 0 Å². The molecule has 1 saturated heterocycles. The summed E-state index contributed by atoms with van der Waals surface area (Å²) in [6.07, 6.45) is 2.54. The summed E-state index contributed by atoms with van der Waals surface area (Å²) in [5.74, 6) is 0.378. The van der Waals surface area contributed by atoms with E-state index in [0.29, 0.717) is 37.7 Å². The number of anilines is 3. The van der Waals surface area contributed by atoms with E-state index in [4.69, 9.17) is 14.2 Å². The molecule has 0 spiro atoms. The molecule has 1 aromatic heterocycles. The SMILES string of the molecule is CCOC(=O)c1cnc2cc(OCC)c(N3CCOCC3)cc2c1Nc1ccc(CC)cc1. The predicted octanol–water partition coefficient (Wildman–Crippen LogP) is 4.95. The zero-order chi connectivity index (χ0) is 23.2. The number of esters is 1. The van der Waals surface area contributed by atoms with Crippen LogP contribution in [-0.4, -0.2) is 50.5 Å². The molecule has 7 heteroatoms. The summed E-state index contributed by atoms with van der Waals surface area (Å²) in [7, 11) is 0. The number of ether oxygens (including phenoxy) is 3. The number of hydrogen-bond acceptors (Lipinski definition) is 7. The lowest BCUT2D eigenvalue weighted by Gasteiger charge is -2.30. The third-order valence-corrected chi connectivity index (χ3v) is 5.73. The summed E-state index contributed by atoms with van der Waals surface area (Å²) >= 11 is 0. The van der Waals surface area contributed by atoms with Gasteiger partial charge in [-0.1, -0.05) is 19.1 Å². The highest BCUT2D eigenvalue weighted by molar-refractivity contribution is 6.07. The van der Waals surface area contributed by atoms with Crippen LogP contribution in [0.5, 0.6) is 5.75 Å². The maximum atomic E-state index is 12.8. The molecule has 2 heterocycles. The van der Waals surface area contributed by atoms with Crippen LogP contribution in [0.25, 0.3) is 10.9 Å². The smallest absolute Gasteiger partial charge is 0.341 e. The first kappa shape index (κ1) is 22.9. The van der Waals surface area contributed by atoms with Crippen LogP contribution in [0.3, 0.4) is 0 Å². The molecule has 0 radical (unpaired) electrons. The topological polar surface area (TPSA) is 72.9 Å². The molecule has 2 aromatic carbocycles. The minimum atomic E-state index is -0.401. The standard InChI is InChI=1S/C26H31N3O4/c1-4-18-7-9-19(10-8-18)28-25-20-15-23(29-11-13-31-14-12-29)24(32-5-2)16-22(20)27-17-21(25)26(30)33-6-3/h7-10,15-17H,4-6,11-14H2,1-3H3,(H,27,28). The van der Waals surface area contributed by atoms with Gasteiger partial charge in [0, 0.05) is 36.4 Å². The number of aryl methyl sites for hydroxylation is 1. The number of hydrogen-bond donors (Lipinski definition) is 1. The van der Waals surface area contributed by atoms with Gasteiger partial charge in [0.1, 0.15) is 11.3 Å². The normalized spacial score (nSPS) is 13.7. The molecule has 33 heavy (non-hydrogen) atoms. The number of carbonyl (C=O) groups excluding carboxylic acids is 1. The Morgan fingerprint density at radius 3 is 2.52 bits per heavy atom. The Bertz CT molecular complexity index is 1110. The van der Waals surface area contributed by atoms with E-state index in [1.165, 1.54) is 5.56 Å². The third kappa shape index (κ3) is 5.03. The highest BCUT2D eigenvalue weighted by atomic mass is 16.5. The Hall–Kier alpha value is -3.32. The number of nitrogens with zero attached hydrogens (tertiary/aromatic N) is 2. The van der Waals surface area contributed by atoms with Crippen molar-refractivity contribution < 1.29 is 19.0 Å². The van der Waals surface area contributed by atoms with Gasteiger partial charge in [-0.25, -0.2) is 4.79 Å². The second kappa shape index (κ2) is 10.5. The molecule has 1 aliphatic heterocycles. The number of nitrogens with one attached hydrogen (secondary N) is 1. The van der Waals surface area contributed by atoms with Crippen LogP contribution in [0.1, 0.15) is 36.7 Å². The molecule has 0 unspecified atom stereocenters. The number of pyridine rings is 1. The van der Waals surface area contributed by atoms with Gasteiger partial charge in [-0.2, -0.15) is 0 Å². The van der Waals surface area contributed by atoms with Gasteiger partial charge in [0.2, 0.25) is 0 Å². The molecule has 1 N–H and O–H groups in total. The van der Waals surface area contributed by atoms with Crippen LogP contribution in [0.2, 0.25) is 0 Å². The van der Waals surface area contributed by atoms with E-state index < -0.39 is 5.97 Å².